The van der Waals surface area contributed by atoms with Crippen molar-refractivity contribution in [3.8, 4) is 11.1 Å². The molecular weight excluding hydrogens is 424 g/mol. The molecule has 3 atom stereocenters. The summed E-state index contributed by atoms with van der Waals surface area (Å²) in [6.45, 7) is 3.87. The number of carbonyl (C=O) groups is 3. The molecule has 1 aliphatic heterocycles. The number of ether oxygens (including phenoxy) is 2. The lowest BCUT2D eigenvalue weighted by Crippen LogP contribution is -2.53. The Hall–Kier alpha value is -3.39. The Kier molecular flexibility index (Phi) is 6.65. The summed E-state index contributed by atoms with van der Waals surface area (Å²) >= 11 is 0. The molecule has 8 nitrogen and oxygen atoms in total. The number of hydrogen-bond acceptors (Lipinski definition) is 5. The van der Waals surface area contributed by atoms with E-state index in [0.29, 0.717) is 6.42 Å². The first kappa shape index (κ1) is 22.8. The van der Waals surface area contributed by atoms with Crippen molar-refractivity contribution in [1.82, 2.24) is 10.6 Å². The van der Waals surface area contributed by atoms with E-state index in [0.717, 1.165) is 22.3 Å². The molecule has 2 aromatic rings. The lowest BCUT2D eigenvalue weighted by molar-refractivity contribution is -0.145. The fourth-order valence-electron chi connectivity index (χ4n) is 4.54. The molecular formula is C25H28N2O6. The molecule has 2 aliphatic rings. The van der Waals surface area contributed by atoms with Crippen molar-refractivity contribution in [3.63, 3.8) is 0 Å². The van der Waals surface area contributed by atoms with Gasteiger partial charge in [0.2, 0.25) is 0 Å². The van der Waals surface area contributed by atoms with Gasteiger partial charge in [0.15, 0.2) is 6.10 Å². The summed E-state index contributed by atoms with van der Waals surface area (Å²) in [7, 11) is 0. The summed E-state index contributed by atoms with van der Waals surface area (Å²) < 4.78 is 11.0. The number of fused-ring (bicyclic) bond motifs is 3. The van der Waals surface area contributed by atoms with Gasteiger partial charge in [0.1, 0.15) is 12.6 Å². The van der Waals surface area contributed by atoms with Gasteiger partial charge in [-0.2, -0.15) is 0 Å². The molecule has 0 saturated carbocycles. The number of carbonyl (C=O) groups excluding carboxylic acids is 2. The maximum atomic E-state index is 12.6. The monoisotopic (exact) mass is 452 g/mol. The van der Waals surface area contributed by atoms with Gasteiger partial charge in [-0.05, 0) is 34.6 Å². The van der Waals surface area contributed by atoms with Gasteiger partial charge in [-0.15, -0.1) is 0 Å². The van der Waals surface area contributed by atoms with Gasteiger partial charge >= 0.3 is 12.1 Å². The van der Waals surface area contributed by atoms with Crippen LogP contribution in [0, 0.1) is 5.92 Å². The van der Waals surface area contributed by atoms with Crippen LogP contribution in [0.25, 0.3) is 11.1 Å². The van der Waals surface area contributed by atoms with Crippen molar-refractivity contribution < 1.29 is 29.0 Å². The molecule has 8 heteroatoms. The van der Waals surface area contributed by atoms with Crippen molar-refractivity contribution in [2.24, 2.45) is 5.92 Å². The number of nitrogens with one attached hydrogen (secondary N) is 2. The van der Waals surface area contributed by atoms with E-state index >= 15 is 0 Å². The maximum absolute atomic E-state index is 12.6. The lowest BCUT2D eigenvalue weighted by Gasteiger charge is -2.23. The van der Waals surface area contributed by atoms with Crippen LogP contribution in [-0.2, 0) is 19.1 Å². The van der Waals surface area contributed by atoms with Crippen molar-refractivity contribution in [3.05, 3.63) is 59.7 Å². The third-order valence-corrected chi connectivity index (χ3v) is 6.23. The summed E-state index contributed by atoms with van der Waals surface area (Å²) in [5, 5.41) is 14.5. The van der Waals surface area contributed by atoms with Crippen LogP contribution in [0.2, 0.25) is 0 Å². The van der Waals surface area contributed by atoms with Gasteiger partial charge in [-0.25, -0.2) is 9.59 Å². The van der Waals surface area contributed by atoms with Crippen molar-refractivity contribution in [2.45, 2.75) is 44.4 Å². The molecule has 0 spiro atoms. The van der Waals surface area contributed by atoms with Crippen LogP contribution < -0.4 is 10.6 Å². The molecule has 33 heavy (non-hydrogen) atoms. The molecule has 2 amide bonds. The van der Waals surface area contributed by atoms with Crippen molar-refractivity contribution in [1.29, 1.82) is 0 Å². The van der Waals surface area contributed by atoms with Crippen LogP contribution in [0.15, 0.2) is 48.5 Å². The zero-order valence-electron chi connectivity index (χ0n) is 18.6. The minimum Gasteiger partial charge on any atom is -0.480 e. The lowest BCUT2D eigenvalue weighted by atomic mass is 9.98. The van der Waals surface area contributed by atoms with Gasteiger partial charge in [0.05, 0.1) is 6.04 Å². The Labute approximate surface area is 192 Å². The zero-order valence-corrected chi connectivity index (χ0v) is 18.6. The van der Waals surface area contributed by atoms with E-state index in [9.17, 15) is 19.5 Å². The zero-order chi connectivity index (χ0) is 23.5. The molecule has 3 N–H and O–H groups in total. The first-order valence-corrected chi connectivity index (χ1v) is 11.1. The van der Waals surface area contributed by atoms with E-state index in [1.54, 1.807) is 13.8 Å². The number of benzene rings is 2. The molecule has 174 valence electrons. The largest absolute Gasteiger partial charge is 0.480 e. The van der Waals surface area contributed by atoms with Gasteiger partial charge in [0, 0.05) is 12.5 Å². The van der Waals surface area contributed by atoms with Gasteiger partial charge < -0.3 is 25.2 Å². The molecule has 1 saturated heterocycles. The van der Waals surface area contributed by atoms with E-state index in [2.05, 4.69) is 22.8 Å². The third-order valence-electron chi connectivity index (χ3n) is 6.23. The average molecular weight is 453 g/mol. The molecule has 0 aromatic heterocycles. The molecule has 1 aliphatic carbocycles. The number of rotatable bonds is 7. The van der Waals surface area contributed by atoms with E-state index in [1.807, 2.05) is 36.4 Å². The van der Waals surface area contributed by atoms with E-state index in [4.69, 9.17) is 9.47 Å². The molecule has 0 unspecified atom stereocenters. The SMILES string of the molecule is CC(C)[C@H](NC(=O)[C@H]1OCC[C@H]1NC(=O)OCC1c2ccccc2-c2ccccc21)C(=O)O. The van der Waals surface area contributed by atoms with Gasteiger partial charge in [-0.3, -0.25) is 4.79 Å². The van der Waals surface area contributed by atoms with Crippen LogP contribution in [0.4, 0.5) is 4.79 Å². The molecule has 4 rings (SSSR count). The fourth-order valence-corrected chi connectivity index (χ4v) is 4.54. The maximum Gasteiger partial charge on any atom is 0.407 e. The van der Waals surface area contributed by atoms with Crippen LogP contribution in [0.3, 0.4) is 0 Å². The number of carboxylic acid groups (broad SMARTS) is 1. The second-order valence-corrected chi connectivity index (χ2v) is 8.72. The minimum atomic E-state index is -1.11. The summed E-state index contributed by atoms with van der Waals surface area (Å²) in [5.74, 6) is -2.03. The second kappa shape index (κ2) is 9.62. The van der Waals surface area contributed by atoms with E-state index < -0.39 is 36.2 Å². The quantitative estimate of drug-likeness (QED) is 0.595. The Morgan fingerprint density at radius 3 is 2.24 bits per heavy atom. The first-order chi connectivity index (χ1) is 15.9. The highest BCUT2D eigenvalue weighted by Gasteiger charge is 2.38. The highest BCUT2D eigenvalue weighted by atomic mass is 16.6. The normalized spacial score (nSPS) is 20.1. The standard InChI is InChI=1S/C25H28N2O6/c1-14(2)21(24(29)30)27-23(28)22-20(11-12-32-22)26-25(31)33-13-19-17-9-5-3-7-15(17)16-8-4-6-10-18(16)19/h3-10,14,19-22H,11-13H2,1-2H3,(H,26,31)(H,27,28)(H,29,30)/t20-,21+,22+/m1/s1. The van der Waals surface area contributed by atoms with Crippen LogP contribution in [0.1, 0.15) is 37.3 Å². The number of alkyl carbamates (subject to hydrolysis) is 1. The van der Waals surface area contributed by atoms with E-state index in [1.165, 1.54) is 0 Å². The first-order valence-electron chi connectivity index (χ1n) is 11.1. The minimum absolute atomic E-state index is 0.0653. The number of hydrogen-bond donors (Lipinski definition) is 3. The number of aliphatic carboxylic acids is 1. The summed E-state index contributed by atoms with van der Waals surface area (Å²) in [6.07, 6.45) is -1.17. The Balaban J connectivity index is 1.37. The Morgan fingerprint density at radius 2 is 1.67 bits per heavy atom. The highest BCUT2D eigenvalue weighted by Crippen LogP contribution is 2.44. The predicted octanol–water partition coefficient (Wildman–Crippen LogP) is 2.91. The fraction of sp³-hybridized carbons (Fsp3) is 0.400. The van der Waals surface area contributed by atoms with Gasteiger partial charge in [-0.1, -0.05) is 62.4 Å². The van der Waals surface area contributed by atoms with E-state index in [-0.39, 0.29) is 25.0 Å². The molecule has 2 aromatic carbocycles. The number of amides is 2. The summed E-state index contributed by atoms with van der Waals surface area (Å²) in [6, 6.07) is 14.5. The third kappa shape index (κ3) is 4.71. The summed E-state index contributed by atoms with van der Waals surface area (Å²) in [5.41, 5.74) is 4.50. The second-order valence-electron chi connectivity index (χ2n) is 8.72. The Morgan fingerprint density at radius 1 is 1.06 bits per heavy atom. The van der Waals surface area contributed by atoms with Gasteiger partial charge in [0.25, 0.3) is 5.91 Å². The number of carboxylic acids is 1. The summed E-state index contributed by atoms with van der Waals surface area (Å²) in [4.78, 5) is 36.6. The molecule has 1 fully saturated rings. The van der Waals surface area contributed by atoms with Crippen molar-refractivity contribution >= 4 is 18.0 Å². The van der Waals surface area contributed by atoms with Crippen LogP contribution >= 0.6 is 0 Å². The molecule has 0 bridgehead atoms. The van der Waals surface area contributed by atoms with Crippen LogP contribution in [-0.4, -0.2) is 54.5 Å². The molecule has 0 radical (unpaired) electrons. The topological polar surface area (TPSA) is 114 Å². The molecule has 1 heterocycles. The smallest absolute Gasteiger partial charge is 0.407 e. The average Bonchev–Trinajstić information content (AvgIpc) is 3.38. The van der Waals surface area contributed by atoms with Crippen molar-refractivity contribution in [2.75, 3.05) is 13.2 Å². The van der Waals surface area contributed by atoms with Crippen LogP contribution in [0.5, 0.6) is 0 Å². The predicted molar refractivity (Wildman–Crippen MR) is 121 cm³/mol. The highest BCUT2D eigenvalue weighted by molar-refractivity contribution is 5.87. The Bertz CT molecular complexity index is 1010.